The number of nitrogens with zero attached hydrogens (tertiary/aromatic N) is 2. The minimum absolute atomic E-state index is 0.184. The second kappa shape index (κ2) is 7.47. The molecule has 25 heavy (non-hydrogen) atoms. The Kier molecular flexibility index (Phi) is 5.37. The molecule has 132 valence electrons. The van der Waals surface area contributed by atoms with Crippen LogP contribution in [0.3, 0.4) is 0 Å². The van der Waals surface area contributed by atoms with Crippen molar-refractivity contribution in [2.24, 2.45) is 0 Å². The number of carbonyl (C=O) groups excluding carboxylic acids is 1. The molecule has 0 spiro atoms. The van der Waals surface area contributed by atoms with Gasteiger partial charge in [0.1, 0.15) is 11.9 Å². The molecule has 0 saturated heterocycles. The van der Waals surface area contributed by atoms with E-state index in [-0.39, 0.29) is 11.4 Å². The summed E-state index contributed by atoms with van der Waals surface area (Å²) < 4.78 is 44.9. The smallest absolute Gasteiger partial charge is 0.476 e. The Labute approximate surface area is 138 Å². The van der Waals surface area contributed by atoms with Crippen molar-refractivity contribution in [3.8, 4) is 11.5 Å². The Bertz CT molecular complexity index is 765. The SMILES string of the molecule is O=C(COc1cccnc1[N+](=O)[O-])Nc1ccc(OC(F)(F)F)cc1. The lowest BCUT2D eigenvalue weighted by Crippen LogP contribution is -2.20. The summed E-state index contributed by atoms with van der Waals surface area (Å²) in [4.78, 5) is 25.3. The van der Waals surface area contributed by atoms with E-state index >= 15 is 0 Å². The van der Waals surface area contributed by atoms with Crippen LogP contribution in [0.1, 0.15) is 0 Å². The van der Waals surface area contributed by atoms with E-state index in [0.29, 0.717) is 0 Å². The normalized spacial score (nSPS) is 10.8. The molecule has 1 aromatic carbocycles. The molecular weight excluding hydrogens is 347 g/mol. The molecule has 0 radical (unpaired) electrons. The second-order valence-corrected chi connectivity index (χ2v) is 4.49. The Morgan fingerprint density at radius 2 is 1.92 bits per heavy atom. The van der Waals surface area contributed by atoms with E-state index in [1.165, 1.54) is 30.5 Å². The number of nitro groups is 1. The summed E-state index contributed by atoms with van der Waals surface area (Å²) in [5.41, 5.74) is 0.198. The van der Waals surface area contributed by atoms with Crippen LogP contribution in [-0.2, 0) is 4.79 Å². The number of halogens is 3. The monoisotopic (exact) mass is 357 g/mol. The standard InChI is InChI=1S/C14H10F3N3O5/c15-14(16,17)25-10-5-3-9(4-6-10)19-12(21)8-24-11-2-1-7-18-13(11)20(22)23/h1-7H,8H2,(H,19,21). The van der Waals surface area contributed by atoms with Gasteiger partial charge in [-0.1, -0.05) is 0 Å². The molecule has 11 heteroatoms. The molecule has 8 nitrogen and oxygen atoms in total. The largest absolute Gasteiger partial charge is 0.573 e. The zero-order valence-electron chi connectivity index (χ0n) is 12.3. The fourth-order valence-electron chi connectivity index (χ4n) is 1.71. The Balaban J connectivity index is 1.92. The summed E-state index contributed by atoms with van der Waals surface area (Å²) in [7, 11) is 0. The number of hydrogen-bond donors (Lipinski definition) is 1. The average Bonchev–Trinajstić information content (AvgIpc) is 2.53. The minimum atomic E-state index is -4.81. The van der Waals surface area contributed by atoms with Gasteiger partial charge in [0.15, 0.2) is 6.61 Å². The minimum Gasteiger partial charge on any atom is -0.476 e. The van der Waals surface area contributed by atoms with Gasteiger partial charge >= 0.3 is 12.2 Å². The molecule has 2 rings (SSSR count). The molecule has 0 saturated carbocycles. The van der Waals surface area contributed by atoms with E-state index in [2.05, 4.69) is 15.0 Å². The fraction of sp³-hybridized carbons (Fsp3) is 0.143. The molecule has 0 atom stereocenters. The summed E-state index contributed by atoms with van der Waals surface area (Å²) in [5.74, 6) is -1.82. The zero-order chi connectivity index (χ0) is 18.4. The van der Waals surface area contributed by atoms with Gasteiger partial charge in [-0.2, -0.15) is 0 Å². The Morgan fingerprint density at radius 3 is 2.52 bits per heavy atom. The number of pyridine rings is 1. The van der Waals surface area contributed by atoms with Crippen LogP contribution in [0.4, 0.5) is 24.7 Å². The third-order valence-electron chi connectivity index (χ3n) is 2.65. The first kappa shape index (κ1) is 18.0. The molecule has 1 aromatic heterocycles. The van der Waals surface area contributed by atoms with Crippen LogP contribution in [0, 0.1) is 10.1 Å². The molecule has 1 N–H and O–H groups in total. The van der Waals surface area contributed by atoms with Crippen molar-refractivity contribution in [3.05, 3.63) is 52.7 Å². The molecule has 0 fully saturated rings. The molecule has 1 amide bonds. The Hall–Kier alpha value is -3.37. The third kappa shape index (κ3) is 5.64. The van der Waals surface area contributed by atoms with Crippen molar-refractivity contribution in [3.63, 3.8) is 0 Å². The van der Waals surface area contributed by atoms with E-state index in [1.54, 1.807) is 0 Å². The zero-order valence-corrected chi connectivity index (χ0v) is 12.3. The summed E-state index contributed by atoms with van der Waals surface area (Å²) in [5, 5.41) is 13.1. The van der Waals surface area contributed by atoms with Gasteiger partial charge < -0.3 is 24.9 Å². The van der Waals surface area contributed by atoms with E-state index in [4.69, 9.17) is 4.74 Å². The molecule has 0 unspecified atom stereocenters. The number of aromatic nitrogens is 1. The first-order valence-electron chi connectivity index (χ1n) is 6.62. The van der Waals surface area contributed by atoms with Crippen molar-refractivity contribution in [2.45, 2.75) is 6.36 Å². The van der Waals surface area contributed by atoms with Crippen molar-refractivity contribution < 1.29 is 32.4 Å². The maximum atomic E-state index is 12.0. The van der Waals surface area contributed by atoms with Crippen molar-refractivity contribution in [1.29, 1.82) is 0 Å². The van der Waals surface area contributed by atoms with Gasteiger partial charge in [0.05, 0.1) is 0 Å². The van der Waals surface area contributed by atoms with Crippen LogP contribution in [0.2, 0.25) is 0 Å². The second-order valence-electron chi connectivity index (χ2n) is 4.49. The van der Waals surface area contributed by atoms with Gasteiger partial charge in [0.25, 0.3) is 5.91 Å². The van der Waals surface area contributed by atoms with Gasteiger partial charge in [-0.15, -0.1) is 13.2 Å². The van der Waals surface area contributed by atoms with Crippen LogP contribution in [0.25, 0.3) is 0 Å². The summed E-state index contributed by atoms with van der Waals surface area (Å²) in [6.45, 7) is -0.548. The maximum Gasteiger partial charge on any atom is 0.573 e. The van der Waals surface area contributed by atoms with Crippen LogP contribution < -0.4 is 14.8 Å². The number of alkyl halides is 3. The summed E-state index contributed by atoms with van der Waals surface area (Å²) >= 11 is 0. The number of carbonyl (C=O) groups is 1. The highest BCUT2D eigenvalue weighted by atomic mass is 19.4. The van der Waals surface area contributed by atoms with Crippen LogP contribution in [0.5, 0.6) is 11.5 Å². The average molecular weight is 357 g/mol. The van der Waals surface area contributed by atoms with Gasteiger partial charge in [-0.3, -0.25) is 4.79 Å². The highest BCUT2D eigenvalue weighted by Gasteiger charge is 2.30. The van der Waals surface area contributed by atoms with Crippen LogP contribution >= 0.6 is 0 Å². The molecule has 0 bridgehead atoms. The topological polar surface area (TPSA) is 104 Å². The predicted octanol–water partition coefficient (Wildman–Crippen LogP) is 2.91. The van der Waals surface area contributed by atoms with E-state index in [9.17, 15) is 28.1 Å². The number of ether oxygens (including phenoxy) is 2. The molecular formula is C14H10F3N3O5. The van der Waals surface area contributed by atoms with Crippen molar-refractivity contribution in [2.75, 3.05) is 11.9 Å². The highest BCUT2D eigenvalue weighted by molar-refractivity contribution is 5.91. The number of rotatable bonds is 6. The first-order valence-corrected chi connectivity index (χ1v) is 6.62. The van der Waals surface area contributed by atoms with Gasteiger partial charge in [-0.05, 0) is 46.3 Å². The lowest BCUT2D eigenvalue weighted by molar-refractivity contribution is -0.390. The number of anilines is 1. The summed E-state index contributed by atoms with van der Waals surface area (Å²) in [6, 6.07) is 7.13. The number of hydrogen-bond acceptors (Lipinski definition) is 6. The lowest BCUT2D eigenvalue weighted by Gasteiger charge is -2.10. The van der Waals surface area contributed by atoms with Gasteiger partial charge in [0, 0.05) is 5.69 Å². The van der Waals surface area contributed by atoms with Crippen molar-refractivity contribution >= 4 is 17.4 Å². The molecule has 0 aliphatic heterocycles. The number of nitrogens with one attached hydrogen (secondary N) is 1. The third-order valence-corrected chi connectivity index (χ3v) is 2.65. The quantitative estimate of drug-likeness (QED) is 0.630. The fourth-order valence-corrected chi connectivity index (χ4v) is 1.71. The lowest BCUT2D eigenvalue weighted by atomic mass is 10.3. The van der Waals surface area contributed by atoms with E-state index in [0.717, 1.165) is 12.1 Å². The van der Waals surface area contributed by atoms with E-state index in [1.807, 2.05) is 0 Å². The summed E-state index contributed by atoms with van der Waals surface area (Å²) in [6.07, 6.45) is -3.60. The maximum absolute atomic E-state index is 12.0. The van der Waals surface area contributed by atoms with Crippen molar-refractivity contribution in [1.82, 2.24) is 4.98 Å². The molecule has 0 aliphatic rings. The Morgan fingerprint density at radius 1 is 1.24 bits per heavy atom. The highest BCUT2D eigenvalue weighted by Crippen LogP contribution is 2.24. The van der Waals surface area contributed by atoms with Gasteiger partial charge in [0.2, 0.25) is 5.75 Å². The van der Waals surface area contributed by atoms with Crippen LogP contribution in [0.15, 0.2) is 42.6 Å². The molecule has 0 aliphatic carbocycles. The van der Waals surface area contributed by atoms with Gasteiger partial charge in [-0.25, -0.2) is 0 Å². The van der Waals surface area contributed by atoms with E-state index < -0.39 is 35.4 Å². The molecule has 2 aromatic rings. The number of amides is 1. The molecule has 1 heterocycles. The van der Waals surface area contributed by atoms with Crippen LogP contribution in [-0.4, -0.2) is 28.8 Å². The predicted molar refractivity (Wildman–Crippen MR) is 78.1 cm³/mol. The number of benzene rings is 1. The first-order chi connectivity index (χ1) is 11.7.